The number of rotatable bonds is 5. The number of aromatic nitrogens is 2. The molecule has 19 heavy (non-hydrogen) atoms. The molecule has 1 heterocycles. The number of anilines is 1. The molecule has 2 aromatic rings. The maximum atomic E-state index is 13.9. The number of ether oxygens (including phenoxy) is 1. The first kappa shape index (κ1) is 14.0. The van der Waals surface area contributed by atoms with E-state index in [0.717, 1.165) is 4.47 Å². The highest BCUT2D eigenvalue weighted by atomic mass is 79.9. The third-order valence-corrected chi connectivity index (χ3v) is 3.09. The van der Waals surface area contributed by atoms with Gasteiger partial charge in [-0.3, -0.25) is 4.57 Å². The fourth-order valence-electron chi connectivity index (χ4n) is 1.79. The summed E-state index contributed by atoms with van der Waals surface area (Å²) in [6, 6.07) is 4.88. The van der Waals surface area contributed by atoms with Crippen LogP contribution in [0.5, 0.6) is 0 Å². The maximum Gasteiger partial charge on any atom is 0.207 e. The molecule has 0 aliphatic carbocycles. The van der Waals surface area contributed by atoms with E-state index >= 15 is 0 Å². The molecule has 0 aliphatic heterocycles. The summed E-state index contributed by atoms with van der Waals surface area (Å²) < 4.78 is 21.4. The van der Waals surface area contributed by atoms with Crippen molar-refractivity contribution in [2.24, 2.45) is 0 Å². The third kappa shape index (κ3) is 3.33. The minimum absolute atomic E-state index is 0.0846. The number of halogens is 2. The van der Waals surface area contributed by atoms with E-state index in [4.69, 9.17) is 4.74 Å². The molecule has 1 unspecified atom stereocenters. The molecule has 0 saturated heterocycles. The van der Waals surface area contributed by atoms with Gasteiger partial charge in [0.2, 0.25) is 5.95 Å². The topological polar surface area (TPSA) is 39.1 Å². The number of nitrogens with one attached hydrogen (secondary N) is 1. The molecule has 0 bridgehead atoms. The van der Waals surface area contributed by atoms with Crippen LogP contribution in [0.1, 0.15) is 6.92 Å². The van der Waals surface area contributed by atoms with Crippen molar-refractivity contribution >= 4 is 21.9 Å². The SMILES string of the molecule is COCC(C)Nc1nccn1-c1cc(Br)ccc1F. The molecule has 1 aromatic heterocycles. The number of nitrogens with zero attached hydrogens (tertiary/aromatic N) is 2. The van der Waals surface area contributed by atoms with Gasteiger partial charge in [-0.15, -0.1) is 0 Å². The van der Waals surface area contributed by atoms with Gasteiger partial charge in [-0.25, -0.2) is 9.37 Å². The quantitative estimate of drug-likeness (QED) is 0.916. The second-order valence-electron chi connectivity index (χ2n) is 4.22. The lowest BCUT2D eigenvalue weighted by Gasteiger charge is -2.15. The lowest BCUT2D eigenvalue weighted by Crippen LogP contribution is -2.23. The number of hydrogen-bond donors (Lipinski definition) is 1. The molecule has 2 rings (SSSR count). The summed E-state index contributed by atoms with van der Waals surface area (Å²) in [5.74, 6) is 0.283. The second-order valence-corrected chi connectivity index (χ2v) is 5.13. The molecule has 1 aromatic carbocycles. The van der Waals surface area contributed by atoms with Crippen molar-refractivity contribution in [3.63, 3.8) is 0 Å². The van der Waals surface area contributed by atoms with Crippen LogP contribution in [0.15, 0.2) is 35.1 Å². The van der Waals surface area contributed by atoms with Gasteiger partial charge in [-0.1, -0.05) is 15.9 Å². The molecule has 4 nitrogen and oxygen atoms in total. The zero-order valence-electron chi connectivity index (χ0n) is 10.7. The monoisotopic (exact) mass is 327 g/mol. The Morgan fingerprint density at radius 1 is 1.53 bits per heavy atom. The molecule has 0 radical (unpaired) electrons. The van der Waals surface area contributed by atoms with Crippen LogP contribution < -0.4 is 5.32 Å². The Morgan fingerprint density at radius 2 is 2.32 bits per heavy atom. The van der Waals surface area contributed by atoms with Gasteiger partial charge in [0.05, 0.1) is 12.3 Å². The van der Waals surface area contributed by atoms with Gasteiger partial charge in [-0.2, -0.15) is 0 Å². The summed E-state index contributed by atoms with van der Waals surface area (Å²) in [4.78, 5) is 4.20. The molecule has 0 aliphatic rings. The van der Waals surface area contributed by atoms with Gasteiger partial charge in [-0.05, 0) is 25.1 Å². The zero-order chi connectivity index (χ0) is 13.8. The fraction of sp³-hybridized carbons (Fsp3) is 0.308. The number of benzene rings is 1. The Kier molecular flexibility index (Phi) is 4.55. The summed E-state index contributed by atoms with van der Waals surface area (Å²) in [5, 5.41) is 3.18. The average Bonchev–Trinajstić information content (AvgIpc) is 2.80. The molecular formula is C13H15BrFN3O. The molecule has 0 fully saturated rings. The second kappa shape index (κ2) is 6.16. The molecule has 102 valence electrons. The number of hydrogen-bond acceptors (Lipinski definition) is 3. The minimum Gasteiger partial charge on any atom is -0.383 e. The van der Waals surface area contributed by atoms with Crippen molar-refractivity contribution in [3.8, 4) is 5.69 Å². The first-order chi connectivity index (χ1) is 9.11. The normalized spacial score (nSPS) is 12.4. The van der Waals surface area contributed by atoms with E-state index in [0.29, 0.717) is 18.2 Å². The number of imidazole rings is 1. The van der Waals surface area contributed by atoms with Crippen LogP contribution in [0, 0.1) is 5.82 Å². The Labute approximate surface area is 119 Å². The molecular weight excluding hydrogens is 313 g/mol. The summed E-state index contributed by atoms with van der Waals surface area (Å²) in [6.45, 7) is 2.52. The zero-order valence-corrected chi connectivity index (χ0v) is 12.3. The van der Waals surface area contributed by atoms with Crippen LogP contribution in [-0.4, -0.2) is 29.3 Å². The Hall–Kier alpha value is -1.40. The summed E-state index contributed by atoms with van der Waals surface area (Å²) in [7, 11) is 1.64. The van der Waals surface area contributed by atoms with Crippen molar-refractivity contribution in [1.29, 1.82) is 0 Å². The Morgan fingerprint density at radius 3 is 3.05 bits per heavy atom. The van der Waals surface area contributed by atoms with Crippen molar-refractivity contribution in [3.05, 3.63) is 40.9 Å². The summed E-state index contributed by atoms with van der Waals surface area (Å²) >= 11 is 3.34. The van der Waals surface area contributed by atoms with E-state index in [1.807, 2.05) is 6.92 Å². The highest BCUT2D eigenvalue weighted by Crippen LogP contribution is 2.22. The standard InChI is InChI=1S/C13H15BrFN3O/c1-9(8-19-2)17-13-16-5-6-18(13)12-7-10(14)3-4-11(12)15/h3-7,9H,8H2,1-2H3,(H,16,17). The van der Waals surface area contributed by atoms with Gasteiger partial charge in [0.25, 0.3) is 0 Å². The van der Waals surface area contributed by atoms with Crippen molar-refractivity contribution in [2.45, 2.75) is 13.0 Å². The van der Waals surface area contributed by atoms with Gasteiger partial charge < -0.3 is 10.1 Å². The average molecular weight is 328 g/mol. The van der Waals surface area contributed by atoms with Crippen molar-refractivity contribution < 1.29 is 9.13 Å². The van der Waals surface area contributed by atoms with Crippen molar-refractivity contribution in [2.75, 3.05) is 19.0 Å². The molecule has 1 atom stereocenters. The van der Waals surface area contributed by atoms with E-state index < -0.39 is 0 Å². The largest absolute Gasteiger partial charge is 0.383 e. The predicted molar refractivity (Wildman–Crippen MR) is 76.2 cm³/mol. The Bertz CT molecular complexity index is 559. The van der Waals surface area contributed by atoms with E-state index in [9.17, 15) is 4.39 Å². The van der Waals surface area contributed by atoms with E-state index in [1.165, 1.54) is 6.07 Å². The van der Waals surface area contributed by atoms with Crippen LogP contribution in [0.2, 0.25) is 0 Å². The van der Waals surface area contributed by atoms with E-state index in [2.05, 4.69) is 26.2 Å². The smallest absolute Gasteiger partial charge is 0.207 e. The van der Waals surface area contributed by atoms with Crippen LogP contribution in [-0.2, 0) is 4.74 Å². The lowest BCUT2D eigenvalue weighted by molar-refractivity contribution is 0.190. The van der Waals surface area contributed by atoms with Gasteiger partial charge in [0.15, 0.2) is 0 Å². The van der Waals surface area contributed by atoms with Crippen molar-refractivity contribution in [1.82, 2.24) is 9.55 Å². The minimum atomic E-state index is -0.302. The third-order valence-electron chi connectivity index (χ3n) is 2.60. The number of methoxy groups -OCH3 is 1. The first-order valence-corrected chi connectivity index (χ1v) is 6.65. The summed E-state index contributed by atoms with van der Waals surface area (Å²) in [5.41, 5.74) is 0.444. The van der Waals surface area contributed by atoms with E-state index in [1.54, 1.807) is 36.2 Å². The van der Waals surface area contributed by atoms with Crippen LogP contribution in [0.25, 0.3) is 5.69 Å². The van der Waals surface area contributed by atoms with Crippen LogP contribution >= 0.6 is 15.9 Å². The maximum absolute atomic E-state index is 13.9. The molecule has 0 amide bonds. The fourth-order valence-corrected chi connectivity index (χ4v) is 2.14. The lowest BCUT2D eigenvalue weighted by atomic mass is 10.3. The summed E-state index contributed by atoms with van der Waals surface area (Å²) in [6.07, 6.45) is 3.34. The van der Waals surface area contributed by atoms with Crippen LogP contribution in [0.4, 0.5) is 10.3 Å². The van der Waals surface area contributed by atoms with Crippen LogP contribution in [0.3, 0.4) is 0 Å². The first-order valence-electron chi connectivity index (χ1n) is 5.86. The Balaban J connectivity index is 2.31. The van der Waals surface area contributed by atoms with Gasteiger partial charge in [0.1, 0.15) is 5.82 Å². The predicted octanol–water partition coefficient (Wildman–Crippen LogP) is 3.22. The van der Waals surface area contributed by atoms with E-state index in [-0.39, 0.29) is 11.9 Å². The molecule has 0 saturated carbocycles. The highest BCUT2D eigenvalue weighted by molar-refractivity contribution is 9.10. The highest BCUT2D eigenvalue weighted by Gasteiger charge is 2.12. The molecule has 0 spiro atoms. The molecule has 1 N–H and O–H groups in total. The van der Waals surface area contributed by atoms with Gasteiger partial charge in [0, 0.05) is 30.0 Å². The van der Waals surface area contributed by atoms with Gasteiger partial charge >= 0.3 is 0 Å². The molecule has 6 heteroatoms.